The number of ether oxygens (including phenoxy) is 2. The lowest BCUT2D eigenvalue weighted by atomic mass is 9.74. The van der Waals surface area contributed by atoms with E-state index in [4.69, 9.17) is 9.47 Å². The van der Waals surface area contributed by atoms with Crippen LogP contribution in [0.15, 0.2) is 42.5 Å². The van der Waals surface area contributed by atoms with E-state index in [0.717, 1.165) is 24.1 Å². The summed E-state index contributed by atoms with van der Waals surface area (Å²) in [6.07, 6.45) is 3.41. The van der Waals surface area contributed by atoms with E-state index in [1.165, 1.54) is 12.1 Å². The Hall–Kier alpha value is -2.93. The fourth-order valence-corrected chi connectivity index (χ4v) is 4.78. The Morgan fingerprint density at radius 3 is 2.61 bits per heavy atom. The zero-order valence-electron chi connectivity index (χ0n) is 19.1. The van der Waals surface area contributed by atoms with Crippen molar-refractivity contribution >= 4 is 11.8 Å². The molecule has 0 radical (unpaired) electrons. The van der Waals surface area contributed by atoms with Crippen molar-refractivity contribution in [1.82, 2.24) is 10.2 Å². The largest absolute Gasteiger partial charge is 0.496 e. The molecule has 0 spiro atoms. The number of likely N-dealkylation sites (tertiary alicyclic amines) is 1. The van der Waals surface area contributed by atoms with E-state index in [2.05, 4.69) is 5.32 Å². The minimum Gasteiger partial charge on any atom is -0.496 e. The lowest BCUT2D eigenvalue weighted by Crippen LogP contribution is -2.48. The third-order valence-electron chi connectivity index (χ3n) is 6.74. The number of amides is 2. The van der Waals surface area contributed by atoms with Gasteiger partial charge in [0.2, 0.25) is 11.8 Å². The predicted octanol–water partition coefficient (Wildman–Crippen LogP) is 3.58. The highest BCUT2D eigenvalue weighted by molar-refractivity contribution is 5.83. The smallest absolute Gasteiger partial charge is 0.226 e. The summed E-state index contributed by atoms with van der Waals surface area (Å²) in [6.45, 7) is 2.90. The quantitative estimate of drug-likeness (QED) is 0.662. The van der Waals surface area contributed by atoms with Gasteiger partial charge in [-0.25, -0.2) is 4.39 Å². The van der Waals surface area contributed by atoms with E-state index in [9.17, 15) is 14.0 Å². The molecule has 33 heavy (non-hydrogen) atoms. The van der Waals surface area contributed by atoms with Crippen molar-refractivity contribution in [3.63, 3.8) is 0 Å². The summed E-state index contributed by atoms with van der Waals surface area (Å²) in [5.41, 5.74) is 2.06. The summed E-state index contributed by atoms with van der Waals surface area (Å²) in [5, 5.41) is 3.07. The van der Waals surface area contributed by atoms with Gasteiger partial charge in [0, 0.05) is 44.8 Å². The van der Waals surface area contributed by atoms with Crippen LogP contribution in [0.1, 0.15) is 31.2 Å². The molecule has 176 valence electrons. The number of methoxy groups -OCH3 is 1. The van der Waals surface area contributed by atoms with Crippen LogP contribution in [0.25, 0.3) is 11.1 Å². The third kappa shape index (κ3) is 5.36. The van der Waals surface area contributed by atoms with Gasteiger partial charge in [0.05, 0.1) is 12.5 Å². The average molecular weight is 455 g/mol. The molecule has 2 fully saturated rings. The molecule has 0 atom stereocenters. The van der Waals surface area contributed by atoms with E-state index >= 15 is 0 Å². The zero-order chi connectivity index (χ0) is 23.3. The van der Waals surface area contributed by atoms with Crippen molar-refractivity contribution in [2.24, 2.45) is 5.41 Å². The molecule has 0 aliphatic carbocycles. The maximum atomic E-state index is 13.8. The molecule has 4 rings (SSSR count). The maximum absolute atomic E-state index is 13.8. The standard InChI is InChI=1S/C26H31FN2O4/c1-32-23-9-8-21(27)17-22(23)20-6-4-19(5-7-20)18-26(10-15-33-16-11-26)25(31)28-12-14-29-13-2-3-24(29)30/h4-9,17H,2-3,10-16,18H2,1H3,(H,28,31). The molecule has 0 saturated carbocycles. The van der Waals surface area contributed by atoms with Crippen LogP contribution in [0.4, 0.5) is 4.39 Å². The van der Waals surface area contributed by atoms with Crippen LogP contribution in [0.5, 0.6) is 5.75 Å². The monoisotopic (exact) mass is 454 g/mol. The summed E-state index contributed by atoms with van der Waals surface area (Å²) < 4.78 is 24.7. The van der Waals surface area contributed by atoms with Gasteiger partial charge < -0.3 is 19.7 Å². The fourth-order valence-electron chi connectivity index (χ4n) is 4.78. The van der Waals surface area contributed by atoms with Crippen LogP contribution in [0.3, 0.4) is 0 Å². The Morgan fingerprint density at radius 2 is 1.94 bits per heavy atom. The van der Waals surface area contributed by atoms with Gasteiger partial charge in [-0.05, 0) is 55.0 Å². The average Bonchev–Trinajstić information content (AvgIpc) is 3.24. The van der Waals surface area contributed by atoms with E-state index in [1.807, 2.05) is 29.2 Å². The number of halogens is 1. The number of nitrogens with one attached hydrogen (secondary N) is 1. The van der Waals surface area contributed by atoms with E-state index in [0.29, 0.717) is 63.3 Å². The SMILES string of the molecule is COc1ccc(F)cc1-c1ccc(CC2(C(=O)NCCN3CCCC3=O)CCOCC2)cc1. The highest BCUT2D eigenvalue weighted by Gasteiger charge is 2.40. The van der Waals surface area contributed by atoms with Gasteiger partial charge in [0.25, 0.3) is 0 Å². The minimum absolute atomic E-state index is 0.0216. The Morgan fingerprint density at radius 1 is 1.18 bits per heavy atom. The van der Waals surface area contributed by atoms with Gasteiger partial charge in [0.1, 0.15) is 11.6 Å². The normalized spacial score (nSPS) is 17.8. The number of rotatable bonds is 8. The predicted molar refractivity (Wildman–Crippen MR) is 123 cm³/mol. The molecule has 1 N–H and O–H groups in total. The van der Waals surface area contributed by atoms with Crippen LogP contribution in [-0.2, 0) is 20.7 Å². The van der Waals surface area contributed by atoms with Gasteiger partial charge in [-0.2, -0.15) is 0 Å². The van der Waals surface area contributed by atoms with Crippen molar-refractivity contribution in [1.29, 1.82) is 0 Å². The second-order valence-corrected chi connectivity index (χ2v) is 8.85. The molecule has 2 aromatic rings. The first-order valence-corrected chi connectivity index (χ1v) is 11.6. The molecule has 2 aromatic carbocycles. The van der Waals surface area contributed by atoms with Crippen molar-refractivity contribution in [3.8, 4) is 16.9 Å². The highest BCUT2D eigenvalue weighted by Crippen LogP contribution is 2.36. The Kier molecular flexibility index (Phi) is 7.28. The van der Waals surface area contributed by atoms with Gasteiger partial charge in [0.15, 0.2) is 0 Å². The first-order chi connectivity index (χ1) is 16.0. The molecule has 0 unspecified atom stereocenters. The van der Waals surface area contributed by atoms with Crippen LogP contribution in [0, 0.1) is 11.2 Å². The molecule has 2 heterocycles. The molecule has 2 amide bonds. The van der Waals surface area contributed by atoms with Gasteiger partial charge in [-0.1, -0.05) is 24.3 Å². The third-order valence-corrected chi connectivity index (χ3v) is 6.74. The van der Waals surface area contributed by atoms with Crippen LogP contribution in [0.2, 0.25) is 0 Å². The molecule has 2 aliphatic rings. The number of carbonyl (C=O) groups excluding carboxylic acids is 2. The Labute approximate surface area is 194 Å². The first-order valence-electron chi connectivity index (χ1n) is 11.6. The van der Waals surface area contributed by atoms with Crippen molar-refractivity contribution in [2.75, 3.05) is 40.0 Å². The maximum Gasteiger partial charge on any atom is 0.226 e. The minimum atomic E-state index is -0.536. The molecule has 0 aromatic heterocycles. The summed E-state index contributed by atoms with van der Waals surface area (Å²) in [5.74, 6) is 0.484. The molecule has 0 bridgehead atoms. The number of hydrogen-bond acceptors (Lipinski definition) is 4. The van der Waals surface area contributed by atoms with E-state index in [1.54, 1.807) is 13.2 Å². The zero-order valence-corrected chi connectivity index (χ0v) is 19.1. The molecule has 2 aliphatic heterocycles. The molecule has 6 nitrogen and oxygen atoms in total. The molecular formula is C26H31FN2O4. The molecular weight excluding hydrogens is 423 g/mol. The summed E-state index contributed by atoms with van der Waals surface area (Å²) >= 11 is 0. The number of nitrogens with zero attached hydrogens (tertiary/aromatic N) is 1. The summed E-state index contributed by atoms with van der Waals surface area (Å²) in [7, 11) is 1.57. The second-order valence-electron chi connectivity index (χ2n) is 8.85. The van der Waals surface area contributed by atoms with Crippen molar-refractivity contribution in [3.05, 3.63) is 53.8 Å². The van der Waals surface area contributed by atoms with Crippen molar-refractivity contribution in [2.45, 2.75) is 32.1 Å². The Bertz CT molecular complexity index is 986. The number of hydrogen-bond donors (Lipinski definition) is 1. The lowest BCUT2D eigenvalue weighted by molar-refractivity contribution is -0.137. The van der Waals surface area contributed by atoms with Crippen molar-refractivity contribution < 1.29 is 23.5 Å². The van der Waals surface area contributed by atoms with Gasteiger partial charge in [-0.15, -0.1) is 0 Å². The summed E-state index contributed by atoms with van der Waals surface area (Å²) in [4.78, 5) is 26.9. The van der Waals surface area contributed by atoms with Gasteiger partial charge in [-0.3, -0.25) is 9.59 Å². The number of benzene rings is 2. The number of carbonyl (C=O) groups is 2. The summed E-state index contributed by atoms with van der Waals surface area (Å²) in [6, 6.07) is 12.3. The van der Waals surface area contributed by atoms with Gasteiger partial charge >= 0.3 is 0 Å². The second kappa shape index (κ2) is 10.3. The highest BCUT2D eigenvalue weighted by atomic mass is 19.1. The van der Waals surface area contributed by atoms with E-state index < -0.39 is 5.41 Å². The lowest BCUT2D eigenvalue weighted by Gasteiger charge is -2.36. The van der Waals surface area contributed by atoms with Crippen LogP contribution in [-0.4, -0.2) is 56.7 Å². The fraction of sp³-hybridized carbons (Fsp3) is 0.462. The molecule has 2 saturated heterocycles. The topological polar surface area (TPSA) is 67.9 Å². The Balaban J connectivity index is 1.45. The first kappa shape index (κ1) is 23.2. The van der Waals surface area contributed by atoms with Crippen LogP contribution < -0.4 is 10.1 Å². The van der Waals surface area contributed by atoms with Crippen LogP contribution >= 0.6 is 0 Å². The van der Waals surface area contributed by atoms with E-state index in [-0.39, 0.29) is 17.6 Å². The molecule has 7 heteroatoms.